The van der Waals surface area contributed by atoms with E-state index in [1.54, 1.807) is 0 Å². The van der Waals surface area contributed by atoms with Gasteiger partial charge in [-0.15, -0.1) is 12.6 Å². The summed E-state index contributed by atoms with van der Waals surface area (Å²) in [5, 5.41) is 36.2. The van der Waals surface area contributed by atoms with E-state index in [2.05, 4.69) is 12.6 Å². The van der Waals surface area contributed by atoms with Crippen LogP contribution in [0.5, 0.6) is 0 Å². The van der Waals surface area contributed by atoms with Crippen molar-refractivity contribution in [3.63, 3.8) is 0 Å². The fourth-order valence-electron chi connectivity index (χ4n) is 1.08. The second-order valence-corrected chi connectivity index (χ2v) is 3.23. The first-order chi connectivity index (χ1) is 5.57. The van der Waals surface area contributed by atoms with E-state index >= 15 is 0 Å². The molecule has 0 aromatic heterocycles. The van der Waals surface area contributed by atoms with Crippen LogP contribution in [-0.2, 0) is 4.74 Å². The lowest BCUT2D eigenvalue weighted by atomic mass is 10.0. The molecule has 1 saturated heterocycles. The van der Waals surface area contributed by atoms with Gasteiger partial charge in [-0.1, -0.05) is 0 Å². The first kappa shape index (κ1) is 10.2. The normalized spacial score (nSPS) is 49.2. The van der Waals surface area contributed by atoms with Gasteiger partial charge < -0.3 is 25.2 Å². The molecule has 3 unspecified atom stereocenters. The fourth-order valence-corrected chi connectivity index (χ4v) is 1.41. The van der Waals surface area contributed by atoms with Crippen LogP contribution in [0.1, 0.15) is 0 Å². The summed E-state index contributed by atoms with van der Waals surface area (Å²) in [7, 11) is 0. The predicted molar refractivity (Wildman–Crippen MR) is 42.8 cm³/mol. The predicted octanol–water partition coefficient (Wildman–Crippen LogP) is -2.28. The Balaban J connectivity index is 2.63. The van der Waals surface area contributed by atoms with Crippen LogP contribution in [0, 0.1) is 0 Å². The van der Waals surface area contributed by atoms with Crippen LogP contribution in [0.25, 0.3) is 0 Å². The van der Waals surface area contributed by atoms with E-state index in [1.165, 1.54) is 0 Å². The highest BCUT2D eigenvalue weighted by Gasteiger charge is 2.41. The standard InChI is InChI=1S/C6H12O5S/c7-1-2-3(8)4(9)5(10)6(12)11-2/h2-10,12H,1H2/t2?,3-,4?,5?,6+/m0/s1. The summed E-state index contributed by atoms with van der Waals surface area (Å²) in [6.45, 7) is -0.415. The maximum absolute atomic E-state index is 9.20. The van der Waals surface area contributed by atoms with Gasteiger partial charge in [-0.3, -0.25) is 0 Å². The van der Waals surface area contributed by atoms with Gasteiger partial charge in [-0.25, -0.2) is 0 Å². The number of aliphatic hydroxyl groups is 4. The highest BCUT2D eigenvalue weighted by molar-refractivity contribution is 7.80. The molecule has 1 heterocycles. The van der Waals surface area contributed by atoms with Crippen molar-refractivity contribution in [3.05, 3.63) is 0 Å². The van der Waals surface area contributed by atoms with Crippen LogP contribution in [0.2, 0.25) is 0 Å². The molecule has 0 spiro atoms. The van der Waals surface area contributed by atoms with Crippen LogP contribution in [0.15, 0.2) is 0 Å². The van der Waals surface area contributed by atoms with Gasteiger partial charge in [0.05, 0.1) is 6.61 Å². The molecular weight excluding hydrogens is 184 g/mol. The van der Waals surface area contributed by atoms with E-state index in [4.69, 9.17) is 14.9 Å². The molecule has 0 aromatic rings. The largest absolute Gasteiger partial charge is 0.394 e. The van der Waals surface area contributed by atoms with Crippen molar-refractivity contribution in [2.45, 2.75) is 29.9 Å². The zero-order valence-corrected chi connectivity index (χ0v) is 7.13. The first-order valence-corrected chi connectivity index (χ1v) is 4.08. The number of thiol groups is 1. The van der Waals surface area contributed by atoms with Crippen molar-refractivity contribution in [1.29, 1.82) is 0 Å². The molecule has 6 heteroatoms. The van der Waals surface area contributed by atoms with Crippen molar-refractivity contribution in [2.24, 2.45) is 0 Å². The van der Waals surface area contributed by atoms with Gasteiger partial charge in [-0.05, 0) is 0 Å². The Bertz CT molecular complexity index is 150. The van der Waals surface area contributed by atoms with Crippen molar-refractivity contribution >= 4 is 12.6 Å². The average Bonchev–Trinajstić information content (AvgIpc) is 2.08. The molecule has 4 N–H and O–H groups in total. The Morgan fingerprint density at radius 1 is 1.08 bits per heavy atom. The maximum atomic E-state index is 9.20. The van der Waals surface area contributed by atoms with Gasteiger partial charge in [0.25, 0.3) is 0 Å². The Morgan fingerprint density at radius 3 is 2.17 bits per heavy atom. The van der Waals surface area contributed by atoms with Gasteiger partial charge in [0.1, 0.15) is 29.9 Å². The molecule has 1 aliphatic rings. The van der Waals surface area contributed by atoms with Gasteiger partial charge in [0.2, 0.25) is 0 Å². The quantitative estimate of drug-likeness (QED) is 0.305. The zero-order chi connectivity index (χ0) is 9.30. The Labute approximate surface area is 75.0 Å². The van der Waals surface area contributed by atoms with Gasteiger partial charge >= 0.3 is 0 Å². The number of hydrogen-bond acceptors (Lipinski definition) is 6. The molecule has 1 aliphatic heterocycles. The molecule has 0 amide bonds. The van der Waals surface area contributed by atoms with Gasteiger partial charge in [-0.2, -0.15) is 0 Å². The van der Waals surface area contributed by atoms with E-state index in [1.807, 2.05) is 0 Å². The second kappa shape index (κ2) is 3.91. The third-order valence-electron chi connectivity index (χ3n) is 1.87. The number of rotatable bonds is 1. The van der Waals surface area contributed by atoms with Crippen LogP contribution >= 0.6 is 12.6 Å². The third-order valence-corrected chi connectivity index (χ3v) is 2.29. The molecule has 72 valence electrons. The van der Waals surface area contributed by atoms with Crippen LogP contribution in [0.3, 0.4) is 0 Å². The molecule has 1 rings (SSSR count). The minimum absolute atomic E-state index is 0.415. The molecule has 5 nitrogen and oxygen atoms in total. The summed E-state index contributed by atoms with van der Waals surface area (Å²) in [6.07, 6.45) is -4.70. The molecule has 0 aliphatic carbocycles. The smallest absolute Gasteiger partial charge is 0.129 e. The van der Waals surface area contributed by atoms with Crippen molar-refractivity contribution < 1.29 is 25.2 Å². The van der Waals surface area contributed by atoms with Crippen molar-refractivity contribution in [2.75, 3.05) is 6.61 Å². The summed E-state index contributed by atoms with van der Waals surface area (Å²) in [6, 6.07) is 0. The molecular formula is C6H12O5S. The van der Waals surface area contributed by atoms with E-state index in [0.29, 0.717) is 0 Å². The summed E-state index contributed by atoms with van der Waals surface area (Å²) in [5.41, 5.74) is -0.874. The highest BCUT2D eigenvalue weighted by atomic mass is 32.1. The van der Waals surface area contributed by atoms with E-state index in [0.717, 1.165) is 0 Å². The lowest BCUT2D eigenvalue weighted by molar-refractivity contribution is -0.205. The first-order valence-electron chi connectivity index (χ1n) is 3.56. The van der Waals surface area contributed by atoms with Crippen LogP contribution in [-0.4, -0.2) is 56.9 Å². The number of ether oxygens (including phenoxy) is 1. The van der Waals surface area contributed by atoms with Crippen LogP contribution < -0.4 is 0 Å². The minimum Gasteiger partial charge on any atom is -0.394 e. The van der Waals surface area contributed by atoms with Gasteiger partial charge in [0.15, 0.2) is 0 Å². The monoisotopic (exact) mass is 196 g/mol. The summed E-state index contributed by atoms with van der Waals surface area (Å²) in [5.74, 6) is 0. The minimum atomic E-state index is -1.32. The summed E-state index contributed by atoms with van der Waals surface area (Å²) < 4.78 is 4.88. The maximum Gasteiger partial charge on any atom is 0.129 e. The second-order valence-electron chi connectivity index (χ2n) is 2.72. The summed E-state index contributed by atoms with van der Waals surface area (Å²) >= 11 is 3.81. The van der Waals surface area contributed by atoms with Crippen molar-refractivity contribution in [3.8, 4) is 0 Å². The van der Waals surface area contributed by atoms with E-state index in [-0.39, 0.29) is 0 Å². The Morgan fingerprint density at radius 2 is 1.67 bits per heavy atom. The Hall–Kier alpha value is 0.150. The Kier molecular flexibility index (Phi) is 3.33. The van der Waals surface area contributed by atoms with Crippen LogP contribution in [0.4, 0.5) is 0 Å². The molecule has 0 bridgehead atoms. The molecule has 5 atom stereocenters. The van der Waals surface area contributed by atoms with E-state index < -0.39 is 36.5 Å². The lowest BCUT2D eigenvalue weighted by Gasteiger charge is -2.37. The third kappa shape index (κ3) is 1.73. The van der Waals surface area contributed by atoms with E-state index in [9.17, 15) is 10.2 Å². The molecule has 1 fully saturated rings. The molecule has 0 radical (unpaired) electrons. The molecule has 12 heavy (non-hydrogen) atoms. The topological polar surface area (TPSA) is 90.2 Å². The van der Waals surface area contributed by atoms with Crippen molar-refractivity contribution in [1.82, 2.24) is 0 Å². The molecule has 0 aromatic carbocycles. The highest BCUT2D eigenvalue weighted by Crippen LogP contribution is 2.22. The number of aliphatic hydroxyl groups excluding tert-OH is 4. The summed E-state index contributed by atoms with van der Waals surface area (Å²) in [4.78, 5) is 0. The SMILES string of the molecule is OCC1O[C@H](S)C(O)C(O)[C@H]1O. The average molecular weight is 196 g/mol. The number of hydrogen-bond donors (Lipinski definition) is 5. The lowest BCUT2D eigenvalue weighted by Crippen LogP contribution is -2.56. The van der Waals surface area contributed by atoms with Gasteiger partial charge in [0, 0.05) is 0 Å². The zero-order valence-electron chi connectivity index (χ0n) is 6.24. The molecule has 0 saturated carbocycles. The fraction of sp³-hybridized carbons (Fsp3) is 1.00.